The number of benzene rings is 1. The first kappa shape index (κ1) is 20.6. The van der Waals surface area contributed by atoms with Gasteiger partial charge in [-0.2, -0.15) is 0 Å². The molecule has 0 saturated carbocycles. The number of fused-ring (bicyclic) bond motifs is 1. The third-order valence-corrected chi connectivity index (χ3v) is 4.82. The Morgan fingerprint density at radius 2 is 1.96 bits per heavy atom. The summed E-state index contributed by atoms with van der Waals surface area (Å²) in [7, 11) is 1.59. The van der Waals surface area contributed by atoms with Gasteiger partial charge in [0.15, 0.2) is 6.29 Å². The first-order chi connectivity index (χ1) is 13.3. The zero-order valence-electron chi connectivity index (χ0n) is 17.0. The molecule has 2 aliphatic rings. The smallest absolute Gasteiger partial charge is 0.319 e. The van der Waals surface area contributed by atoms with E-state index in [1.165, 1.54) is 0 Å². The largest absolute Gasteiger partial charge is 0.497 e. The molecule has 0 unspecified atom stereocenters. The minimum Gasteiger partial charge on any atom is -0.497 e. The molecular weight excluding hydrogens is 362 g/mol. The Hall–Kier alpha value is -2.12. The van der Waals surface area contributed by atoms with E-state index in [-0.39, 0.29) is 12.2 Å². The first-order valence-electron chi connectivity index (χ1n) is 9.73. The van der Waals surface area contributed by atoms with Crippen LogP contribution in [0.25, 0.3) is 0 Å². The van der Waals surface area contributed by atoms with Gasteiger partial charge < -0.3 is 23.8 Å². The number of nitrogens with zero attached hydrogens (tertiary/aromatic N) is 1. The molecule has 1 atom stereocenters. The van der Waals surface area contributed by atoms with E-state index in [0.29, 0.717) is 44.8 Å². The Labute approximate surface area is 165 Å². The van der Waals surface area contributed by atoms with Gasteiger partial charge in [-0.3, -0.25) is 9.59 Å². The van der Waals surface area contributed by atoms with Crippen LogP contribution in [0.15, 0.2) is 18.2 Å². The van der Waals surface area contributed by atoms with Gasteiger partial charge in [0, 0.05) is 19.0 Å². The monoisotopic (exact) mass is 391 g/mol. The van der Waals surface area contributed by atoms with E-state index in [1.807, 2.05) is 18.2 Å². The number of ether oxygens (including phenoxy) is 4. The molecule has 1 amide bonds. The summed E-state index contributed by atoms with van der Waals surface area (Å²) in [5.41, 5.74) is 1.14. The summed E-state index contributed by atoms with van der Waals surface area (Å²) in [6, 6.07) is 5.67. The highest BCUT2D eigenvalue weighted by Gasteiger charge is 2.38. The summed E-state index contributed by atoms with van der Waals surface area (Å²) in [5.74, 6) is -0.890. The van der Waals surface area contributed by atoms with E-state index >= 15 is 0 Å². The summed E-state index contributed by atoms with van der Waals surface area (Å²) in [5, 5.41) is 0. The Bertz CT molecular complexity index is 720. The maximum Gasteiger partial charge on any atom is 0.319 e. The fraction of sp³-hybridized carbons (Fsp3) is 0.619. The van der Waals surface area contributed by atoms with Gasteiger partial charge in [0.2, 0.25) is 5.91 Å². The number of carbonyl (C=O) groups excluding carboxylic acids is 2. The lowest BCUT2D eigenvalue weighted by Gasteiger charge is -2.28. The van der Waals surface area contributed by atoms with Crippen molar-refractivity contribution < 1.29 is 28.5 Å². The second-order valence-electron chi connectivity index (χ2n) is 8.07. The highest BCUT2D eigenvalue weighted by Crippen LogP contribution is 2.34. The molecule has 0 aromatic heterocycles. The Kier molecular flexibility index (Phi) is 6.25. The third-order valence-electron chi connectivity index (χ3n) is 4.82. The molecule has 1 saturated heterocycles. The third kappa shape index (κ3) is 4.83. The number of anilines is 1. The van der Waals surface area contributed by atoms with Crippen LogP contribution < -0.4 is 9.64 Å². The van der Waals surface area contributed by atoms with Crippen LogP contribution in [0, 0.1) is 5.92 Å². The van der Waals surface area contributed by atoms with Crippen molar-refractivity contribution >= 4 is 17.6 Å². The van der Waals surface area contributed by atoms with Crippen molar-refractivity contribution in [2.75, 3.05) is 31.8 Å². The van der Waals surface area contributed by atoms with Crippen molar-refractivity contribution in [3.05, 3.63) is 23.8 Å². The number of aryl methyl sites for hydroxylation is 1. The summed E-state index contributed by atoms with van der Waals surface area (Å²) in [6.45, 7) is 6.92. The molecule has 7 nitrogen and oxygen atoms in total. The number of amides is 1. The molecule has 1 aromatic rings. The second kappa shape index (κ2) is 8.49. The highest BCUT2D eigenvalue weighted by molar-refractivity contribution is 6.07. The second-order valence-corrected chi connectivity index (χ2v) is 8.07. The average Bonchev–Trinajstić information content (AvgIpc) is 3.10. The predicted octanol–water partition coefficient (Wildman–Crippen LogP) is 2.70. The van der Waals surface area contributed by atoms with E-state index in [4.69, 9.17) is 18.9 Å². The number of rotatable bonds is 5. The van der Waals surface area contributed by atoms with E-state index in [0.717, 1.165) is 11.3 Å². The maximum atomic E-state index is 13.3. The van der Waals surface area contributed by atoms with Crippen LogP contribution in [-0.2, 0) is 30.2 Å². The van der Waals surface area contributed by atoms with Gasteiger partial charge in [-0.05, 0) is 45.2 Å². The van der Waals surface area contributed by atoms with Gasteiger partial charge in [-0.15, -0.1) is 0 Å². The standard InChI is InChI=1S/C21H29NO6/c1-21(2,3)28-20(24)16-8-6-14-5-7-15(25-4)13-17(14)22(19(16)23)10-9-18-26-11-12-27-18/h5,7,13,16,18H,6,8-12H2,1-4H3/t16-/m0/s1. The lowest BCUT2D eigenvalue weighted by Crippen LogP contribution is -2.42. The average molecular weight is 391 g/mol. The Morgan fingerprint density at radius 3 is 2.61 bits per heavy atom. The zero-order chi connectivity index (χ0) is 20.3. The molecule has 7 heteroatoms. The molecule has 2 heterocycles. The number of methoxy groups -OCH3 is 1. The van der Waals surface area contributed by atoms with Crippen molar-refractivity contribution in [2.24, 2.45) is 5.92 Å². The summed E-state index contributed by atoms with van der Waals surface area (Å²) >= 11 is 0. The van der Waals surface area contributed by atoms with E-state index in [2.05, 4.69) is 0 Å². The van der Waals surface area contributed by atoms with Crippen molar-refractivity contribution in [1.82, 2.24) is 0 Å². The van der Waals surface area contributed by atoms with Gasteiger partial charge in [0.05, 0.1) is 26.0 Å². The van der Waals surface area contributed by atoms with Crippen LogP contribution in [0.5, 0.6) is 5.75 Å². The van der Waals surface area contributed by atoms with Gasteiger partial charge in [-0.1, -0.05) is 6.07 Å². The van der Waals surface area contributed by atoms with Crippen molar-refractivity contribution in [3.63, 3.8) is 0 Å². The van der Waals surface area contributed by atoms with Crippen LogP contribution in [0.1, 0.15) is 39.2 Å². The van der Waals surface area contributed by atoms with Crippen LogP contribution >= 0.6 is 0 Å². The lowest BCUT2D eigenvalue weighted by atomic mass is 10.00. The van der Waals surface area contributed by atoms with Crippen molar-refractivity contribution in [3.8, 4) is 5.75 Å². The minimum atomic E-state index is -0.831. The topological polar surface area (TPSA) is 74.3 Å². The molecule has 1 aromatic carbocycles. The molecule has 0 radical (unpaired) electrons. The first-order valence-corrected chi connectivity index (χ1v) is 9.73. The SMILES string of the molecule is COc1ccc2c(c1)N(CCC1OCCO1)C(=O)[C@@H](C(=O)OC(C)(C)C)CC2. The van der Waals surface area contributed by atoms with Crippen LogP contribution in [-0.4, -0.2) is 50.6 Å². The molecular formula is C21H29NO6. The number of hydrogen-bond acceptors (Lipinski definition) is 6. The zero-order valence-corrected chi connectivity index (χ0v) is 17.0. The van der Waals surface area contributed by atoms with E-state index in [9.17, 15) is 9.59 Å². The van der Waals surface area contributed by atoms with Gasteiger partial charge >= 0.3 is 5.97 Å². The summed E-state index contributed by atoms with van der Waals surface area (Å²) in [6.07, 6.45) is 1.23. The van der Waals surface area contributed by atoms with Gasteiger partial charge in [-0.25, -0.2) is 0 Å². The van der Waals surface area contributed by atoms with Crippen LogP contribution in [0.2, 0.25) is 0 Å². The lowest BCUT2D eigenvalue weighted by molar-refractivity contribution is -0.162. The highest BCUT2D eigenvalue weighted by atomic mass is 16.7. The van der Waals surface area contributed by atoms with E-state index < -0.39 is 17.5 Å². The van der Waals surface area contributed by atoms with Crippen molar-refractivity contribution in [2.45, 2.75) is 51.9 Å². The quantitative estimate of drug-likeness (QED) is 0.568. The molecule has 0 N–H and O–H groups in total. The summed E-state index contributed by atoms with van der Waals surface area (Å²) < 4.78 is 21.9. The molecule has 154 valence electrons. The fourth-order valence-electron chi connectivity index (χ4n) is 3.49. The molecule has 2 aliphatic heterocycles. The molecule has 3 rings (SSSR count). The Balaban J connectivity index is 1.87. The fourth-order valence-corrected chi connectivity index (χ4v) is 3.49. The molecule has 0 aliphatic carbocycles. The van der Waals surface area contributed by atoms with Crippen LogP contribution in [0.3, 0.4) is 0 Å². The molecule has 0 spiro atoms. The Morgan fingerprint density at radius 1 is 1.25 bits per heavy atom. The van der Waals surface area contributed by atoms with Crippen molar-refractivity contribution in [1.29, 1.82) is 0 Å². The molecule has 0 bridgehead atoms. The van der Waals surface area contributed by atoms with E-state index in [1.54, 1.807) is 32.8 Å². The minimum absolute atomic E-state index is 0.251. The number of hydrogen-bond donors (Lipinski definition) is 0. The number of esters is 1. The molecule has 1 fully saturated rings. The summed E-state index contributed by atoms with van der Waals surface area (Å²) in [4.78, 5) is 27.7. The van der Waals surface area contributed by atoms with Crippen LogP contribution in [0.4, 0.5) is 5.69 Å². The predicted molar refractivity (Wildman–Crippen MR) is 103 cm³/mol. The van der Waals surface area contributed by atoms with Gasteiger partial charge in [0.1, 0.15) is 17.3 Å². The number of carbonyl (C=O) groups is 2. The normalized spacial score (nSPS) is 20.6. The van der Waals surface area contributed by atoms with Gasteiger partial charge in [0.25, 0.3) is 0 Å². The molecule has 28 heavy (non-hydrogen) atoms. The maximum absolute atomic E-state index is 13.3.